The van der Waals surface area contributed by atoms with Crippen molar-refractivity contribution < 1.29 is 4.79 Å². The summed E-state index contributed by atoms with van der Waals surface area (Å²) < 4.78 is 0. The number of hydrogen-bond acceptors (Lipinski definition) is 4. The second-order valence-electron chi connectivity index (χ2n) is 5.11. The smallest absolute Gasteiger partial charge is 0.187 e. The molecular formula is C14H16N2OS. The third-order valence-electron chi connectivity index (χ3n) is 2.92. The summed E-state index contributed by atoms with van der Waals surface area (Å²) in [6.45, 7) is 4.03. The van der Waals surface area contributed by atoms with Crippen LogP contribution in [0.15, 0.2) is 11.4 Å². The first-order valence-corrected chi connectivity index (χ1v) is 7.00. The number of ketones is 1. The highest BCUT2D eigenvalue weighted by molar-refractivity contribution is 7.99. The van der Waals surface area contributed by atoms with Gasteiger partial charge in [-0.2, -0.15) is 0 Å². The van der Waals surface area contributed by atoms with E-state index in [1.807, 2.05) is 13.8 Å². The standard InChI is InChI=1S/C14H16N2OS/c1-4-14(2,3)9-18-13-15-8-10-11(16-13)6-5-7-12(10)17/h1,8H,5-7,9H2,2-3H3. The minimum atomic E-state index is -0.167. The number of thioether (sulfide) groups is 1. The number of carbonyl (C=O) groups is 1. The summed E-state index contributed by atoms with van der Waals surface area (Å²) >= 11 is 1.55. The van der Waals surface area contributed by atoms with Gasteiger partial charge in [-0.25, -0.2) is 9.97 Å². The molecule has 18 heavy (non-hydrogen) atoms. The lowest BCUT2D eigenvalue weighted by Crippen LogP contribution is -2.15. The topological polar surface area (TPSA) is 42.9 Å². The first kappa shape index (κ1) is 13.1. The number of Topliss-reactive ketones (excluding diaryl/α,β-unsaturated/α-hetero) is 1. The minimum absolute atomic E-state index is 0.164. The lowest BCUT2D eigenvalue weighted by molar-refractivity contribution is 0.0970. The molecule has 0 amide bonds. The molecule has 0 unspecified atom stereocenters. The Morgan fingerprint density at radius 2 is 2.28 bits per heavy atom. The Labute approximate surface area is 112 Å². The highest BCUT2D eigenvalue weighted by Gasteiger charge is 2.20. The van der Waals surface area contributed by atoms with E-state index in [2.05, 4.69) is 15.9 Å². The van der Waals surface area contributed by atoms with E-state index >= 15 is 0 Å². The van der Waals surface area contributed by atoms with Crippen LogP contribution in [0.3, 0.4) is 0 Å². The molecule has 1 aromatic rings. The van der Waals surface area contributed by atoms with Crippen LogP contribution in [0.1, 0.15) is 42.7 Å². The lowest BCUT2D eigenvalue weighted by atomic mass is 9.96. The maximum absolute atomic E-state index is 11.6. The Bertz CT molecular complexity index is 517. The van der Waals surface area contributed by atoms with Gasteiger partial charge in [0.15, 0.2) is 10.9 Å². The van der Waals surface area contributed by atoms with Crippen molar-refractivity contribution in [1.82, 2.24) is 9.97 Å². The van der Waals surface area contributed by atoms with Crippen LogP contribution in [0, 0.1) is 17.8 Å². The highest BCUT2D eigenvalue weighted by Crippen LogP contribution is 2.26. The monoisotopic (exact) mass is 260 g/mol. The fourth-order valence-electron chi connectivity index (χ4n) is 1.73. The molecule has 94 valence electrons. The van der Waals surface area contributed by atoms with Crippen LogP contribution in [0.2, 0.25) is 0 Å². The number of carbonyl (C=O) groups excluding carboxylic acids is 1. The Kier molecular flexibility index (Phi) is 3.72. The summed E-state index contributed by atoms with van der Waals surface area (Å²) in [5.74, 6) is 3.69. The Balaban J connectivity index is 2.13. The first-order chi connectivity index (χ1) is 8.52. The average Bonchev–Trinajstić information content (AvgIpc) is 2.37. The zero-order valence-corrected chi connectivity index (χ0v) is 11.5. The van der Waals surface area contributed by atoms with E-state index in [0.717, 1.165) is 24.3 Å². The second kappa shape index (κ2) is 5.11. The summed E-state index contributed by atoms with van der Waals surface area (Å²) in [6.07, 6.45) is 9.49. The summed E-state index contributed by atoms with van der Waals surface area (Å²) in [5, 5.41) is 0.715. The SMILES string of the molecule is C#CC(C)(C)CSc1ncc2c(n1)CCCC2=O. The van der Waals surface area contributed by atoms with Gasteiger partial charge in [-0.05, 0) is 26.7 Å². The van der Waals surface area contributed by atoms with Gasteiger partial charge in [0.05, 0.1) is 11.3 Å². The zero-order valence-electron chi connectivity index (χ0n) is 10.7. The number of aryl methyl sites for hydroxylation is 1. The Morgan fingerprint density at radius 1 is 1.50 bits per heavy atom. The molecule has 1 aromatic heterocycles. The van der Waals surface area contributed by atoms with E-state index in [0.29, 0.717) is 17.1 Å². The summed E-state index contributed by atoms with van der Waals surface area (Å²) in [5.41, 5.74) is 1.42. The normalized spacial score (nSPS) is 15.1. The summed E-state index contributed by atoms with van der Waals surface area (Å²) in [4.78, 5) is 20.4. The van der Waals surface area contributed by atoms with Crippen molar-refractivity contribution in [2.75, 3.05) is 5.75 Å². The number of hydrogen-bond donors (Lipinski definition) is 0. The molecule has 0 N–H and O–H groups in total. The van der Waals surface area contributed by atoms with Crippen LogP contribution in [-0.2, 0) is 6.42 Å². The number of aromatic nitrogens is 2. The molecule has 0 atom stereocenters. The second-order valence-corrected chi connectivity index (χ2v) is 6.05. The molecule has 0 saturated carbocycles. The predicted octanol–water partition coefficient (Wildman–Crippen LogP) is 2.75. The number of fused-ring (bicyclic) bond motifs is 1. The molecule has 0 aliphatic heterocycles. The van der Waals surface area contributed by atoms with Gasteiger partial charge in [0.1, 0.15) is 0 Å². The van der Waals surface area contributed by atoms with E-state index in [4.69, 9.17) is 6.42 Å². The van der Waals surface area contributed by atoms with Gasteiger partial charge >= 0.3 is 0 Å². The Hall–Kier alpha value is -1.34. The molecule has 1 heterocycles. The van der Waals surface area contributed by atoms with Crippen LogP contribution in [-0.4, -0.2) is 21.5 Å². The minimum Gasteiger partial charge on any atom is -0.294 e. The van der Waals surface area contributed by atoms with Crippen LogP contribution in [0.4, 0.5) is 0 Å². The van der Waals surface area contributed by atoms with Crippen molar-refractivity contribution in [1.29, 1.82) is 0 Å². The molecular weight excluding hydrogens is 244 g/mol. The van der Waals surface area contributed by atoms with Gasteiger partial charge in [0.25, 0.3) is 0 Å². The van der Waals surface area contributed by atoms with Gasteiger partial charge < -0.3 is 0 Å². The molecule has 0 fully saturated rings. The molecule has 0 aromatic carbocycles. The van der Waals surface area contributed by atoms with E-state index in [9.17, 15) is 4.79 Å². The van der Waals surface area contributed by atoms with Crippen molar-refractivity contribution in [2.24, 2.45) is 5.41 Å². The number of rotatable bonds is 3. The molecule has 0 bridgehead atoms. The maximum atomic E-state index is 11.6. The quantitative estimate of drug-likeness (QED) is 0.476. The molecule has 3 nitrogen and oxygen atoms in total. The van der Waals surface area contributed by atoms with Crippen LogP contribution in [0.5, 0.6) is 0 Å². The summed E-state index contributed by atoms with van der Waals surface area (Å²) in [6, 6.07) is 0. The van der Waals surface area contributed by atoms with Gasteiger partial charge in [-0.15, -0.1) is 6.42 Å². The summed E-state index contributed by atoms with van der Waals surface area (Å²) in [7, 11) is 0. The fraction of sp³-hybridized carbons (Fsp3) is 0.500. The number of terminal acetylenes is 1. The largest absolute Gasteiger partial charge is 0.294 e. The average molecular weight is 260 g/mol. The lowest BCUT2D eigenvalue weighted by Gasteiger charge is -2.17. The van der Waals surface area contributed by atoms with E-state index in [-0.39, 0.29) is 11.2 Å². The third kappa shape index (κ3) is 2.91. The molecule has 1 aliphatic rings. The van der Waals surface area contributed by atoms with Crippen molar-refractivity contribution in [3.63, 3.8) is 0 Å². The van der Waals surface area contributed by atoms with Crippen LogP contribution in [0.25, 0.3) is 0 Å². The molecule has 0 saturated heterocycles. The van der Waals surface area contributed by atoms with E-state index in [1.54, 1.807) is 18.0 Å². The predicted molar refractivity (Wildman–Crippen MR) is 72.6 cm³/mol. The zero-order chi connectivity index (χ0) is 13.2. The Morgan fingerprint density at radius 3 is 3.00 bits per heavy atom. The van der Waals surface area contributed by atoms with E-state index in [1.165, 1.54) is 0 Å². The van der Waals surface area contributed by atoms with Crippen molar-refractivity contribution in [3.05, 3.63) is 17.5 Å². The van der Waals surface area contributed by atoms with Gasteiger partial charge in [-0.3, -0.25) is 4.79 Å². The molecule has 4 heteroatoms. The van der Waals surface area contributed by atoms with Gasteiger partial charge in [0.2, 0.25) is 0 Å². The van der Waals surface area contributed by atoms with E-state index < -0.39 is 0 Å². The fourth-order valence-corrected chi connectivity index (χ4v) is 2.60. The van der Waals surface area contributed by atoms with Crippen LogP contribution < -0.4 is 0 Å². The maximum Gasteiger partial charge on any atom is 0.187 e. The van der Waals surface area contributed by atoms with Crippen LogP contribution >= 0.6 is 11.8 Å². The molecule has 2 rings (SSSR count). The van der Waals surface area contributed by atoms with Crippen molar-refractivity contribution in [3.8, 4) is 12.3 Å². The molecule has 0 radical (unpaired) electrons. The molecule has 1 aliphatic carbocycles. The van der Waals surface area contributed by atoms with Gasteiger partial charge in [-0.1, -0.05) is 17.7 Å². The highest BCUT2D eigenvalue weighted by atomic mass is 32.2. The van der Waals surface area contributed by atoms with Crippen molar-refractivity contribution >= 4 is 17.5 Å². The van der Waals surface area contributed by atoms with Crippen molar-refractivity contribution in [2.45, 2.75) is 38.3 Å². The third-order valence-corrected chi connectivity index (χ3v) is 4.24. The van der Waals surface area contributed by atoms with Gasteiger partial charge in [0, 0.05) is 23.8 Å². The molecule has 0 spiro atoms. The first-order valence-electron chi connectivity index (χ1n) is 6.01. The number of nitrogens with zero attached hydrogens (tertiary/aromatic N) is 2.